The Kier molecular flexibility index (Phi) is 16.1. The third kappa shape index (κ3) is 9.89. The number of aliphatic hydroxyl groups excluding tert-OH is 2. The Balaban J connectivity index is 0.00000311. The predicted octanol–water partition coefficient (Wildman–Crippen LogP) is 5.04. The first-order valence-electron chi connectivity index (χ1n) is 8.90. The van der Waals surface area contributed by atoms with Crippen LogP contribution in [-0.2, 0) is 32.3 Å². The number of halogens is 4. The van der Waals surface area contributed by atoms with E-state index in [1.807, 2.05) is 6.79 Å². The van der Waals surface area contributed by atoms with Crippen LogP contribution in [0.25, 0.3) is 0 Å². The van der Waals surface area contributed by atoms with Gasteiger partial charge in [0, 0.05) is 27.5 Å². The molecule has 2 aromatic rings. The molecule has 0 saturated carbocycles. The van der Waals surface area contributed by atoms with Crippen molar-refractivity contribution in [2.45, 2.75) is 18.9 Å². The molecule has 0 aliphatic rings. The first-order valence-corrected chi connectivity index (χ1v) is 10.4. The van der Waals surface area contributed by atoms with E-state index < -0.39 is 6.10 Å². The third-order valence-corrected chi connectivity index (χ3v) is 4.90. The van der Waals surface area contributed by atoms with Gasteiger partial charge in [-0.05, 0) is 48.4 Å². The number of ether oxygens (including phenoxy) is 2. The van der Waals surface area contributed by atoms with Gasteiger partial charge in [-0.2, -0.15) is 0 Å². The number of aliphatic hydroxyl groups is 2. The van der Waals surface area contributed by atoms with Crippen LogP contribution >= 0.6 is 46.4 Å². The molecule has 0 bridgehead atoms. The van der Waals surface area contributed by atoms with Gasteiger partial charge in [0.05, 0.1) is 26.2 Å². The fraction of sp³-hybridized carbons (Fsp3) is 0.273. The summed E-state index contributed by atoms with van der Waals surface area (Å²) in [5, 5.41) is 19.8. The Bertz CT molecular complexity index is 858. The van der Waals surface area contributed by atoms with Crippen molar-refractivity contribution in [2.75, 3.05) is 19.8 Å². The number of hydrogen-bond acceptors (Lipinski definition) is 5. The molecular formula is C22H21Cl4O5W-. The van der Waals surface area contributed by atoms with Gasteiger partial charge in [-0.25, -0.2) is 0 Å². The Labute approximate surface area is 222 Å². The van der Waals surface area contributed by atoms with Gasteiger partial charge in [-0.3, -0.25) is 6.42 Å². The normalized spacial score (nSPS) is 10.8. The number of carbonyl (C=O) groups excluding carboxylic acids is 1. The second-order valence-electron chi connectivity index (χ2n) is 6.11. The summed E-state index contributed by atoms with van der Waals surface area (Å²) < 4.78 is 11.0. The van der Waals surface area contributed by atoms with Gasteiger partial charge in [0.25, 0.3) is 0 Å². The second-order valence-corrected chi connectivity index (χ2v) is 7.74. The van der Waals surface area contributed by atoms with Crippen LogP contribution in [0.1, 0.15) is 17.5 Å². The number of benzene rings is 2. The Hall–Kier alpha value is -0.962. The first kappa shape index (κ1) is 31.0. The molecule has 0 amide bonds. The molecule has 0 aromatic heterocycles. The van der Waals surface area contributed by atoms with Crippen molar-refractivity contribution in [3.05, 3.63) is 61.9 Å². The van der Waals surface area contributed by atoms with E-state index in [1.165, 1.54) is 0 Å². The van der Waals surface area contributed by atoms with Crippen molar-refractivity contribution in [2.24, 2.45) is 0 Å². The largest absolute Gasteiger partial charge is 0.522 e. The van der Waals surface area contributed by atoms with E-state index in [4.69, 9.17) is 72.2 Å². The van der Waals surface area contributed by atoms with Gasteiger partial charge in [-0.15, -0.1) is 12.3 Å². The Morgan fingerprint density at radius 1 is 0.969 bits per heavy atom. The standard InChI is InChI=1S/C21H19Cl4O4.CH2O.W/c1-2-4-15(27)12-29-21-18(24)10-14(11-19(21)25)7-13-8-16(22)20(17(23)9-13)28-6-3-5-26;1-2;/h1,3,8-11,15,26-27H,4-7,12H2;1H2;/q-1;;. The fourth-order valence-electron chi connectivity index (χ4n) is 2.51. The maximum Gasteiger partial charge on any atom is 0.156 e. The molecule has 0 saturated heterocycles. The minimum atomic E-state index is -0.799. The number of rotatable bonds is 10. The van der Waals surface area contributed by atoms with Crippen LogP contribution in [0.3, 0.4) is 0 Å². The van der Waals surface area contributed by atoms with Gasteiger partial charge in [0.15, 0.2) is 11.5 Å². The summed E-state index contributed by atoms with van der Waals surface area (Å²) in [6.07, 6.45) is 6.55. The molecule has 2 rings (SSSR count). The summed E-state index contributed by atoms with van der Waals surface area (Å²) in [7, 11) is 0. The van der Waals surface area contributed by atoms with Gasteiger partial charge in [-0.1, -0.05) is 53.0 Å². The van der Waals surface area contributed by atoms with Crippen LogP contribution in [0.15, 0.2) is 24.3 Å². The summed E-state index contributed by atoms with van der Waals surface area (Å²) in [6, 6.07) is 6.92. The van der Waals surface area contributed by atoms with Gasteiger partial charge in [0.1, 0.15) is 13.4 Å². The minimum absolute atomic E-state index is 0. The van der Waals surface area contributed by atoms with E-state index in [2.05, 4.69) is 5.92 Å². The summed E-state index contributed by atoms with van der Waals surface area (Å²) in [4.78, 5) is 8.00. The molecule has 0 heterocycles. The third-order valence-electron chi connectivity index (χ3n) is 3.77. The van der Waals surface area contributed by atoms with E-state index in [0.717, 1.165) is 11.1 Å². The van der Waals surface area contributed by atoms with Crippen LogP contribution in [0.2, 0.25) is 20.1 Å². The average molecular weight is 691 g/mol. The Morgan fingerprint density at radius 2 is 1.41 bits per heavy atom. The fourth-order valence-corrected chi connectivity index (χ4v) is 3.79. The number of carbonyl (C=O) groups is 1. The molecule has 10 heteroatoms. The average Bonchev–Trinajstić information content (AvgIpc) is 2.71. The van der Waals surface area contributed by atoms with Crippen molar-refractivity contribution in [1.29, 1.82) is 0 Å². The monoisotopic (exact) mass is 689 g/mol. The van der Waals surface area contributed by atoms with Crippen molar-refractivity contribution in [1.82, 2.24) is 0 Å². The van der Waals surface area contributed by atoms with Crippen LogP contribution in [0.5, 0.6) is 11.5 Å². The predicted molar refractivity (Wildman–Crippen MR) is 125 cm³/mol. The molecule has 2 aromatic carbocycles. The minimum Gasteiger partial charge on any atom is -0.522 e. The van der Waals surface area contributed by atoms with Crippen molar-refractivity contribution < 1.29 is 45.5 Å². The van der Waals surface area contributed by atoms with Crippen molar-refractivity contribution in [3.8, 4) is 23.8 Å². The maximum absolute atomic E-state index is 9.68. The molecular weight excluding hydrogens is 670 g/mol. The van der Waals surface area contributed by atoms with E-state index in [1.54, 1.807) is 30.7 Å². The van der Waals surface area contributed by atoms with Crippen molar-refractivity contribution >= 4 is 53.2 Å². The van der Waals surface area contributed by atoms with E-state index in [9.17, 15) is 5.11 Å². The number of hydrogen-bond donors (Lipinski definition) is 2. The molecule has 32 heavy (non-hydrogen) atoms. The molecule has 0 fully saturated rings. The smallest absolute Gasteiger partial charge is 0.156 e. The molecule has 0 aliphatic carbocycles. The van der Waals surface area contributed by atoms with Crippen LogP contribution in [0.4, 0.5) is 0 Å². The second kappa shape index (κ2) is 16.6. The van der Waals surface area contributed by atoms with Crippen LogP contribution < -0.4 is 9.47 Å². The van der Waals surface area contributed by atoms with Gasteiger partial charge < -0.3 is 24.5 Å². The molecule has 5 nitrogen and oxygen atoms in total. The molecule has 174 valence electrons. The maximum atomic E-state index is 9.68. The van der Waals surface area contributed by atoms with E-state index in [0.29, 0.717) is 32.3 Å². The summed E-state index contributed by atoms with van der Waals surface area (Å²) in [6.45, 7) is 2.08. The van der Waals surface area contributed by atoms with E-state index >= 15 is 0 Å². The quantitative estimate of drug-likeness (QED) is 0.208. The van der Waals surface area contributed by atoms with Crippen LogP contribution in [-0.4, -0.2) is 42.9 Å². The first-order chi connectivity index (χ1) is 14.8. The molecule has 2 N–H and O–H groups in total. The Morgan fingerprint density at radius 3 is 1.81 bits per heavy atom. The van der Waals surface area contributed by atoms with Gasteiger partial charge >= 0.3 is 0 Å². The molecule has 0 aliphatic heterocycles. The SMILES string of the molecule is C#CCC(O)COc1c(Cl)cc(Cc2cc(Cl)c(OC[CH-]CO)c(Cl)c2)cc1Cl.C=O.[W]. The topological polar surface area (TPSA) is 76.0 Å². The number of terminal acetylenes is 1. The zero-order valence-electron chi connectivity index (χ0n) is 16.8. The molecule has 1 atom stereocenters. The zero-order chi connectivity index (χ0) is 23.4. The van der Waals surface area contributed by atoms with Crippen LogP contribution in [0, 0.1) is 18.8 Å². The zero-order valence-corrected chi connectivity index (χ0v) is 22.8. The van der Waals surface area contributed by atoms with E-state index in [-0.39, 0.29) is 53.1 Å². The summed E-state index contributed by atoms with van der Waals surface area (Å²) >= 11 is 25.1. The molecule has 0 radical (unpaired) electrons. The summed E-state index contributed by atoms with van der Waals surface area (Å²) in [5.41, 5.74) is 1.66. The van der Waals surface area contributed by atoms with Gasteiger partial charge in [0.2, 0.25) is 0 Å². The molecule has 1 unspecified atom stereocenters. The molecule has 0 spiro atoms. The summed E-state index contributed by atoms with van der Waals surface area (Å²) in [5.74, 6) is 3.00. The van der Waals surface area contributed by atoms with Crippen molar-refractivity contribution in [3.63, 3.8) is 0 Å².